The van der Waals surface area contributed by atoms with E-state index in [4.69, 9.17) is 4.98 Å². The molecule has 3 fully saturated rings. The van der Waals surface area contributed by atoms with Crippen LogP contribution in [0.1, 0.15) is 81.3 Å². The van der Waals surface area contributed by atoms with E-state index >= 15 is 0 Å². The molecule has 1 aromatic heterocycles. The summed E-state index contributed by atoms with van der Waals surface area (Å²) in [4.78, 5) is 20.6. The number of hydrogen-bond donors (Lipinski definition) is 2. The number of aromatic nitrogens is 2. The van der Waals surface area contributed by atoms with Crippen LogP contribution in [0.4, 0.5) is 0 Å². The summed E-state index contributed by atoms with van der Waals surface area (Å²) in [5.41, 5.74) is 2.27. The SMILES string of the molecule is Cc1nc2ccccc2n1C1C[C@H]2CC[C@@H](C1)N2CC[C@H](NC(=O)C1(O)CCCC1)c1ccccc1. The number of carbonyl (C=O) groups is 1. The van der Waals surface area contributed by atoms with Crippen LogP contribution >= 0.6 is 0 Å². The number of para-hydroxylation sites is 2. The molecule has 2 aromatic carbocycles. The van der Waals surface area contributed by atoms with E-state index < -0.39 is 5.60 Å². The van der Waals surface area contributed by atoms with Crippen molar-refractivity contribution in [3.8, 4) is 0 Å². The third-order valence-corrected chi connectivity index (χ3v) is 9.03. The molecule has 2 aliphatic heterocycles. The molecule has 36 heavy (non-hydrogen) atoms. The molecule has 0 spiro atoms. The fourth-order valence-corrected chi connectivity index (χ4v) is 7.21. The Hall–Kier alpha value is -2.70. The summed E-state index contributed by atoms with van der Waals surface area (Å²) >= 11 is 0. The molecule has 1 unspecified atom stereocenters. The van der Waals surface area contributed by atoms with Crippen molar-refractivity contribution in [2.45, 2.75) is 94.5 Å². The first-order valence-corrected chi connectivity index (χ1v) is 13.8. The van der Waals surface area contributed by atoms with Gasteiger partial charge in [0.2, 0.25) is 0 Å². The predicted molar refractivity (Wildman–Crippen MR) is 142 cm³/mol. The number of carbonyl (C=O) groups excluding carboxylic acids is 1. The molecule has 4 atom stereocenters. The van der Waals surface area contributed by atoms with Crippen LogP contribution in [0, 0.1) is 6.92 Å². The van der Waals surface area contributed by atoms with E-state index in [1.54, 1.807) is 0 Å². The zero-order valence-corrected chi connectivity index (χ0v) is 21.3. The van der Waals surface area contributed by atoms with Gasteiger partial charge in [0, 0.05) is 24.7 Å². The van der Waals surface area contributed by atoms with Crippen molar-refractivity contribution in [3.63, 3.8) is 0 Å². The van der Waals surface area contributed by atoms with Gasteiger partial charge in [-0.2, -0.15) is 0 Å². The maximum Gasteiger partial charge on any atom is 0.252 e. The Balaban J connectivity index is 1.16. The first-order chi connectivity index (χ1) is 17.5. The lowest BCUT2D eigenvalue weighted by molar-refractivity contribution is -0.140. The van der Waals surface area contributed by atoms with Crippen molar-refractivity contribution in [3.05, 3.63) is 66.0 Å². The first-order valence-electron chi connectivity index (χ1n) is 13.8. The lowest BCUT2D eigenvalue weighted by Crippen LogP contribution is -2.48. The second-order valence-corrected chi connectivity index (χ2v) is 11.2. The van der Waals surface area contributed by atoms with Crippen molar-refractivity contribution in [1.82, 2.24) is 19.8 Å². The van der Waals surface area contributed by atoms with Crippen LogP contribution in [0.25, 0.3) is 11.0 Å². The molecular formula is C30H38N4O2. The third-order valence-electron chi connectivity index (χ3n) is 9.03. The van der Waals surface area contributed by atoms with Crippen LogP contribution in [0.5, 0.6) is 0 Å². The Bertz CT molecular complexity index is 1200. The number of aliphatic hydroxyl groups is 1. The minimum Gasteiger partial charge on any atom is -0.380 e. The fraction of sp³-hybridized carbons (Fsp3) is 0.533. The molecular weight excluding hydrogens is 448 g/mol. The van der Waals surface area contributed by atoms with Crippen LogP contribution in [0.2, 0.25) is 0 Å². The molecule has 0 radical (unpaired) electrons. The van der Waals surface area contributed by atoms with E-state index in [9.17, 15) is 9.90 Å². The van der Waals surface area contributed by atoms with Gasteiger partial charge in [-0.15, -0.1) is 0 Å². The van der Waals surface area contributed by atoms with E-state index in [0.717, 1.165) is 55.6 Å². The van der Waals surface area contributed by atoms with Gasteiger partial charge in [-0.05, 0) is 82.4 Å². The lowest BCUT2D eigenvalue weighted by atomic mass is 9.94. The molecule has 1 aliphatic carbocycles. The summed E-state index contributed by atoms with van der Waals surface area (Å²) in [6.45, 7) is 3.10. The Morgan fingerprint density at radius 3 is 2.42 bits per heavy atom. The Morgan fingerprint density at radius 1 is 1.03 bits per heavy atom. The number of imidazole rings is 1. The summed E-state index contributed by atoms with van der Waals surface area (Å²) in [5.74, 6) is 0.920. The van der Waals surface area contributed by atoms with Gasteiger partial charge in [-0.3, -0.25) is 9.69 Å². The van der Waals surface area contributed by atoms with Crippen molar-refractivity contribution in [2.24, 2.45) is 0 Å². The normalized spacial score (nSPS) is 26.3. The van der Waals surface area contributed by atoms with Crippen LogP contribution in [-0.4, -0.2) is 49.7 Å². The summed E-state index contributed by atoms with van der Waals surface area (Å²) in [7, 11) is 0. The van der Waals surface area contributed by atoms with Crippen molar-refractivity contribution in [2.75, 3.05) is 6.54 Å². The summed E-state index contributed by atoms with van der Waals surface area (Å²) < 4.78 is 2.48. The molecule has 3 aromatic rings. The minimum atomic E-state index is -1.20. The molecule has 6 nitrogen and oxygen atoms in total. The minimum absolute atomic E-state index is 0.0831. The summed E-state index contributed by atoms with van der Waals surface area (Å²) in [6.07, 6.45) is 8.63. The predicted octanol–water partition coefficient (Wildman–Crippen LogP) is 5.07. The molecule has 1 saturated carbocycles. The number of hydrogen-bond acceptors (Lipinski definition) is 4. The standard InChI is InChI=1S/C30H38N4O2/c1-21-31-27-11-5-6-12-28(27)34(21)25-19-23-13-14-24(20-25)33(23)18-15-26(22-9-3-2-4-10-22)32-29(35)30(36)16-7-8-17-30/h2-6,9-12,23-26,36H,7-8,13-20H2,1H3,(H,32,35)/t23-,24+,25?,26-/m0/s1. The second-order valence-electron chi connectivity index (χ2n) is 11.2. The quantitative estimate of drug-likeness (QED) is 0.489. The van der Waals surface area contributed by atoms with Crippen LogP contribution in [-0.2, 0) is 4.79 Å². The van der Waals surface area contributed by atoms with Crippen LogP contribution in [0.15, 0.2) is 54.6 Å². The lowest BCUT2D eigenvalue weighted by Gasteiger charge is -2.40. The first kappa shape index (κ1) is 23.7. The van der Waals surface area contributed by atoms with Gasteiger partial charge in [0.25, 0.3) is 5.91 Å². The average molecular weight is 487 g/mol. The highest BCUT2D eigenvalue weighted by molar-refractivity contribution is 5.85. The number of rotatable bonds is 7. The second kappa shape index (κ2) is 9.64. The third kappa shape index (κ3) is 4.35. The van der Waals surface area contributed by atoms with E-state index in [1.165, 1.54) is 18.4 Å². The average Bonchev–Trinajstić information content (AvgIpc) is 3.55. The summed E-state index contributed by atoms with van der Waals surface area (Å²) in [6, 6.07) is 20.3. The van der Waals surface area contributed by atoms with Gasteiger partial charge < -0.3 is 15.0 Å². The van der Waals surface area contributed by atoms with E-state index in [2.05, 4.69) is 58.1 Å². The maximum absolute atomic E-state index is 13.1. The van der Waals surface area contributed by atoms with Crippen LogP contribution in [0.3, 0.4) is 0 Å². The molecule has 1 amide bonds. The van der Waals surface area contributed by atoms with Crippen molar-refractivity contribution in [1.29, 1.82) is 0 Å². The molecule has 3 heterocycles. The Kier molecular flexibility index (Phi) is 6.34. The number of nitrogens with zero attached hydrogens (tertiary/aromatic N) is 3. The molecule has 6 rings (SSSR count). The Labute approximate surface area is 213 Å². The topological polar surface area (TPSA) is 70.4 Å². The van der Waals surface area contributed by atoms with Crippen molar-refractivity contribution >= 4 is 16.9 Å². The molecule has 2 bridgehead atoms. The highest BCUT2D eigenvalue weighted by atomic mass is 16.3. The zero-order valence-electron chi connectivity index (χ0n) is 21.3. The largest absolute Gasteiger partial charge is 0.380 e. The van der Waals surface area contributed by atoms with Gasteiger partial charge >= 0.3 is 0 Å². The molecule has 3 aliphatic rings. The zero-order chi connectivity index (χ0) is 24.7. The molecule has 2 saturated heterocycles. The highest BCUT2D eigenvalue weighted by Crippen LogP contribution is 2.42. The maximum atomic E-state index is 13.1. The molecule has 2 N–H and O–H groups in total. The van der Waals surface area contributed by atoms with Gasteiger partial charge in [-0.25, -0.2) is 4.98 Å². The van der Waals surface area contributed by atoms with Gasteiger partial charge in [-0.1, -0.05) is 42.5 Å². The number of fused-ring (bicyclic) bond motifs is 3. The fourth-order valence-electron chi connectivity index (χ4n) is 7.21. The smallest absolute Gasteiger partial charge is 0.252 e. The number of nitrogens with one attached hydrogen (secondary N) is 1. The number of amides is 1. The monoisotopic (exact) mass is 486 g/mol. The number of benzene rings is 2. The highest BCUT2D eigenvalue weighted by Gasteiger charge is 2.43. The van der Waals surface area contributed by atoms with E-state index in [-0.39, 0.29) is 11.9 Å². The Morgan fingerprint density at radius 2 is 1.69 bits per heavy atom. The number of aryl methyl sites for hydroxylation is 1. The summed E-state index contributed by atoms with van der Waals surface area (Å²) in [5, 5.41) is 14.1. The molecule has 6 heteroatoms. The van der Waals surface area contributed by atoms with Crippen molar-refractivity contribution < 1.29 is 9.90 Å². The molecule has 190 valence electrons. The van der Waals surface area contributed by atoms with Gasteiger partial charge in [0.15, 0.2) is 0 Å². The van der Waals surface area contributed by atoms with Gasteiger partial charge in [0.1, 0.15) is 11.4 Å². The van der Waals surface area contributed by atoms with Gasteiger partial charge in [0.05, 0.1) is 17.1 Å². The van der Waals surface area contributed by atoms with E-state index in [1.807, 2.05) is 18.2 Å². The van der Waals surface area contributed by atoms with Crippen LogP contribution < -0.4 is 5.32 Å². The number of piperidine rings is 1. The van der Waals surface area contributed by atoms with E-state index in [0.29, 0.717) is 31.0 Å².